The number of anilines is 1. The predicted octanol–water partition coefficient (Wildman–Crippen LogP) is 1.86. The molecule has 4 nitrogen and oxygen atoms in total. The van der Waals surface area contributed by atoms with Crippen LogP contribution in [0.4, 0.5) is 5.13 Å². The molecule has 1 fully saturated rings. The molecule has 0 saturated carbocycles. The molecular weight excluding hydrogens is 222 g/mol. The second-order valence-corrected chi connectivity index (χ2v) is 5.10. The SMILES string of the molecule is CCC1(C(=O)Nc2nccs2)CCCNC1. The number of hydrogen-bond acceptors (Lipinski definition) is 4. The molecule has 1 aromatic heterocycles. The second-order valence-electron chi connectivity index (χ2n) is 4.21. The maximum Gasteiger partial charge on any atom is 0.233 e. The molecule has 1 atom stereocenters. The normalized spacial score (nSPS) is 25.3. The Balaban J connectivity index is 2.06. The lowest BCUT2D eigenvalue weighted by atomic mass is 9.77. The van der Waals surface area contributed by atoms with Crippen LogP contribution in [0.25, 0.3) is 0 Å². The number of carbonyl (C=O) groups excluding carboxylic acids is 1. The monoisotopic (exact) mass is 239 g/mol. The second kappa shape index (κ2) is 4.93. The zero-order chi connectivity index (χ0) is 11.4. The Kier molecular flexibility index (Phi) is 3.56. The fourth-order valence-electron chi connectivity index (χ4n) is 2.14. The fraction of sp³-hybridized carbons (Fsp3) is 0.636. The van der Waals surface area contributed by atoms with Gasteiger partial charge in [0, 0.05) is 18.1 Å². The van der Waals surface area contributed by atoms with E-state index >= 15 is 0 Å². The maximum atomic E-state index is 12.2. The zero-order valence-electron chi connectivity index (χ0n) is 9.45. The van der Waals surface area contributed by atoms with Crippen molar-refractivity contribution in [2.24, 2.45) is 5.41 Å². The van der Waals surface area contributed by atoms with Crippen molar-refractivity contribution in [3.8, 4) is 0 Å². The van der Waals surface area contributed by atoms with Gasteiger partial charge in [-0.3, -0.25) is 4.79 Å². The third-order valence-corrected chi connectivity index (χ3v) is 3.97. The molecule has 1 unspecified atom stereocenters. The molecule has 5 heteroatoms. The van der Waals surface area contributed by atoms with Crippen LogP contribution in [0.3, 0.4) is 0 Å². The van der Waals surface area contributed by atoms with Crippen molar-refractivity contribution in [3.63, 3.8) is 0 Å². The summed E-state index contributed by atoms with van der Waals surface area (Å²) >= 11 is 1.46. The van der Waals surface area contributed by atoms with Gasteiger partial charge in [0.05, 0.1) is 5.41 Å². The summed E-state index contributed by atoms with van der Waals surface area (Å²) in [4.78, 5) is 16.3. The van der Waals surface area contributed by atoms with Crippen LogP contribution >= 0.6 is 11.3 Å². The van der Waals surface area contributed by atoms with Crippen LogP contribution in [0, 0.1) is 5.41 Å². The van der Waals surface area contributed by atoms with Crippen molar-refractivity contribution < 1.29 is 4.79 Å². The molecule has 1 aliphatic heterocycles. The molecule has 0 spiro atoms. The Bertz CT molecular complexity index is 344. The number of piperidine rings is 1. The molecule has 2 heterocycles. The first-order chi connectivity index (χ1) is 7.77. The average Bonchev–Trinajstić information content (AvgIpc) is 2.82. The topological polar surface area (TPSA) is 54.0 Å². The number of carbonyl (C=O) groups is 1. The smallest absolute Gasteiger partial charge is 0.233 e. The molecule has 2 rings (SSSR count). The fourth-order valence-corrected chi connectivity index (χ4v) is 2.66. The van der Waals surface area contributed by atoms with Crippen LogP contribution in [0.2, 0.25) is 0 Å². The minimum Gasteiger partial charge on any atom is -0.316 e. The Morgan fingerprint density at radius 3 is 3.19 bits per heavy atom. The molecule has 16 heavy (non-hydrogen) atoms. The molecule has 2 N–H and O–H groups in total. The highest BCUT2D eigenvalue weighted by atomic mass is 32.1. The minimum atomic E-state index is -0.246. The predicted molar refractivity (Wildman–Crippen MR) is 65.6 cm³/mol. The molecule has 1 amide bonds. The Morgan fingerprint density at radius 2 is 2.62 bits per heavy atom. The highest BCUT2D eigenvalue weighted by molar-refractivity contribution is 7.13. The quantitative estimate of drug-likeness (QED) is 0.846. The lowest BCUT2D eigenvalue weighted by Gasteiger charge is -2.35. The van der Waals surface area contributed by atoms with Gasteiger partial charge in [-0.05, 0) is 25.8 Å². The van der Waals surface area contributed by atoms with Crippen LogP contribution in [0.1, 0.15) is 26.2 Å². The van der Waals surface area contributed by atoms with Gasteiger partial charge in [0.15, 0.2) is 5.13 Å². The van der Waals surface area contributed by atoms with E-state index in [0.29, 0.717) is 5.13 Å². The summed E-state index contributed by atoms with van der Waals surface area (Å²) in [5, 5.41) is 8.79. The molecule has 1 aliphatic rings. The van der Waals surface area contributed by atoms with Crippen molar-refractivity contribution in [2.75, 3.05) is 18.4 Å². The first-order valence-corrected chi connectivity index (χ1v) is 6.56. The van der Waals surface area contributed by atoms with Gasteiger partial charge >= 0.3 is 0 Å². The number of thiazole rings is 1. The van der Waals surface area contributed by atoms with Crippen LogP contribution < -0.4 is 10.6 Å². The van der Waals surface area contributed by atoms with E-state index in [1.165, 1.54) is 11.3 Å². The summed E-state index contributed by atoms with van der Waals surface area (Å²) in [6, 6.07) is 0. The van der Waals surface area contributed by atoms with E-state index in [1.54, 1.807) is 6.20 Å². The average molecular weight is 239 g/mol. The first kappa shape index (κ1) is 11.5. The van der Waals surface area contributed by atoms with Gasteiger partial charge in [0.25, 0.3) is 0 Å². The van der Waals surface area contributed by atoms with Crippen molar-refractivity contribution in [3.05, 3.63) is 11.6 Å². The highest BCUT2D eigenvalue weighted by Crippen LogP contribution is 2.31. The number of hydrogen-bond donors (Lipinski definition) is 2. The van der Waals surface area contributed by atoms with Gasteiger partial charge in [-0.15, -0.1) is 11.3 Å². The van der Waals surface area contributed by atoms with E-state index in [1.807, 2.05) is 5.38 Å². The largest absolute Gasteiger partial charge is 0.316 e. The summed E-state index contributed by atoms with van der Waals surface area (Å²) < 4.78 is 0. The van der Waals surface area contributed by atoms with E-state index in [2.05, 4.69) is 22.5 Å². The van der Waals surface area contributed by atoms with Crippen molar-refractivity contribution >= 4 is 22.4 Å². The molecule has 1 aromatic rings. The highest BCUT2D eigenvalue weighted by Gasteiger charge is 2.38. The number of amides is 1. The molecule has 0 bridgehead atoms. The van der Waals surface area contributed by atoms with Crippen molar-refractivity contribution in [1.82, 2.24) is 10.3 Å². The van der Waals surface area contributed by atoms with Crippen molar-refractivity contribution in [1.29, 1.82) is 0 Å². The van der Waals surface area contributed by atoms with Crippen LogP contribution in [0.15, 0.2) is 11.6 Å². The van der Waals surface area contributed by atoms with Gasteiger partial charge in [-0.1, -0.05) is 6.92 Å². The molecule has 0 radical (unpaired) electrons. The van der Waals surface area contributed by atoms with E-state index < -0.39 is 0 Å². The van der Waals surface area contributed by atoms with E-state index in [9.17, 15) is 4.79 Å². The number of nitrogens with zero attached hydrogens (tertiary/aromatic N) is 1. The third kappa shape index (κ3) is 2.25. The number of aromatic nitrogens is 1. The molecule has 0 aromatic carbocycles. The van der Waals surface area contributed by atoms with E-state index in [4.69, 9.17) is 0 Å². The minimum absolute atomic E-state index is 0.108. The molecule has 88 valence electrons. The lowest BCUT2D eigenvalue weighted by Crippen LogP contribution is -2.47. The summed E-state index contributed by atoms with van der Waals surface area (Å²) in [6.45, 7) is 3.88. The van der Waals surface area contributed by atoms with Gasteiger partial charge in [-0.2, -0.15) is 0 Å². The molecule has 0 aliphatic carbocycles. The Labute approximate surface area is 99.5 Å². The number of rotatable bonds is 3. The first-order valence-electron chi connectivity index (χ1n) is 5.68. The summed E-state index contributed by atoms with van der Waals surface area (Å²) in [5.41, 5.74) is -0.246. The van der Waals surface area contributed by atoms with Crippen LogP contribution in [-0.4, -0.2) is 24.0 Å². The van der Waals surface area contributed by atoms with Gasteiger partial charge in [-0.25, -0.2) is 4.98 Å². The molecular formula is C11H17N3OS. The van der Waals surface area contributed by atoms with Gasteiger partial charge in [0.2, 0.25) is 5.91 Å². The van der Waals surface area contributed by atoms with Crippen molar-refractivity contribution in [2.45, 2.75) is 26.2 Å². The number of nitrogens with one attached hydrogen (secondary N) is 2. The Hall–Kier alpha value is -0.940. The lowest BCUT2D eigenvalue weighted by molar-refractivity contribution is -0.126. The van der Waals surface area contributed by atoms with Gasteiger partial charge < -0.3 is 10.6 Å². The Morgan fingerprint density at radius 1 is 1.75 bits per heavy atom. The van der Waals surface area contributed by atoms with Gasteiger partial charge in [0.1, 0.15) is 0 Å². The summed E-state index contributed by atoms with van der Waals surface area (Å²) in [5.74, 6) is 0.108. The maximum absolute atomic E-state index is 12.2. The van der Waals surface area contributed by atoms with Crippen LogP contribution in [-0.2, 0) is 4.79 Å². The van der Waals surface area contributed by atoms with E-state index in [0.717, 1.165) is 32.4 Å². The summed E-state index contributed by atoms with van der Waals surface area (Å²) in [7, 11) is 0. The zero-order valence-corrected chi connectivity index (χ0v) is 10.3. The van der Waals surface area contributed by atoms with Crippen LogP contribution in [0.5, 0.6) is 0 Å². The third-order valence-electron chi connectivity index (χ3n) is 3.28. The standard InChI is InChI=1S/C11H17N3OS/c1-2-11(4-3-5-12-8-11)9(15)14-10-13-6-7-16-10/h6-7,12H,2-5,8H2,1H3,(H,13,14,15). The van der Waals surface area contributed by atoms with E-state index in [-0.39, 0.29) is 11.3 Å². The summed E-state index contributed by atoms with van der Waals surface area (Å²) in [6.07, 6.45) is 4.61. The molecule has 1 saturated heterocycles.